The Morgan fingerprint density at radius 1 is 1.14 bits per heavy atom. The summed E-state index contributed by atoms with van der Waals surface area (Å²) in [5.74, 6) is 0.363. The van der Waals surface area contributed by atoms with E-state index in [2.05, 4.69) is 15.1 Å². The molecule has 3 aromatic rings. The van der Waals surface area contributed by atoms with Gasteiger partial charge in [0.2, 0.25) is 0 Å². The van der Waals surface area contributed by atoms with Crippen molar-refractivity contribution < 1.29 is 4.39 Å². The Hall–Kier alpha value is -2.56. The zero-order valence-electron chi connectivity index (χ0n) is 11.9. The van der Waals surface area contributed by atoms with Gasteiger partial charge in [-0.3, -0.25) is 4.68 Å². The molecule has 0 aliphatic heterocycles. The second kappa shape index (κ2) is 5.44. The predicted octanol–water partition coefficient (Wildman–Crippen LogP) is 3.14. The van der Waals surface area contributed by atoms with Gasteiger partial charge in [0.1, 0.15) is 11.5 Å². The van der Waals surface area contributed by atoms with Gasteiger partial charge in [-0.15, -0.1) is 0 Å². The Morgan fingerprint density at radius 3 is 2.71 bits per heavy atom. The molecule has 3 rings (SSSR count). The Labute approximate surface area is 122 Å². The minimum atomic E-state index is -0.225. The largest absolute Gasteiger partial charge is 0.267 e. The first-order valence-corrected chi connectivity index (χ1v) is 6.71. The lowest BCUT2D eigenvalue weighted by atomic mass is 10.2. The molecule has 0 atom stereocenters. The molecule has 0 spiro atoms. The Morgan fingerprint density at radius 2 is 1.95 bits per heavy atom. The van der Waals surface area contributed by atoms with Gasteiger partial charge < -0.3 is 0 Å². The topological polar surface area (TPSA) is 43.6 Å². The first-order valence-electron chi connectivity index (χ1n) is 6.71. The molecule has 0 aliphatic rings. The standard InChI is InChI=1S/C16H15FN4/c1-11-9-18-16(19-12(11)2)15-7-8-21(20-15)10-13-5-3-4-6-14(13)17/h3-9H,10H2,1-2H3. The second-order valence-electron chi connectivity index (χ2n) is 4.95. The van der Waals surface area contributed by atoms with E-state index in [9.17, 15) is 4.39 Å². The number of aromatic nitrogens is 4. The smallest absolute Gasteiger partial charge is 0.180 e. The lowest BCUT2D eigenvalue weighted by molar-refractivity contribution is 0.585. The van der Waals surface area contributed by atoms with Gasteiger partial charge in [0, 0.05) is 23.7 Å². The van der Waals surface area contributed by atoms with Crippen molar-refractivity contribution in [1.82, 2.24) is 19.7 Å². The molecule has 1 aromatic carbocycles. The van der Waals surface area contributed by atoms with Gasteiger partial charge in [0.25, 0.3) is 0 Å². The summed E-state index contributed by atoms with van der Waals surface area (Å²) >= 11 is 0. The van der Waals surface area contributed by atoms with Crippen LogP contribution in [0.5, 0.6) is 0 Å². The monoisotopic (exact) mass is 282 g/mol. The Balaban J connectivity index is 1.86. The maximum atomic E-state index is 13.6. The lowest BCUT2D eigenvalue weighted by Gasteiger charge is -2.03. The van der Waals surface area contributed by atoms with Crippen LogP contribution in [0, 0.1) is 19.7 Å². The quantitative estimate of drug-likeness (QED) is 0.741. The van der Waals surface area contributed by atoms with Gasteiger partial charge in [-0.25, -0.2) is 14.4 Å². The van der Waals surface area contributed by atoms with E-state index in [1.54, 1.807) is 29.2 Å². The molecular formula is C16H15FN4. The van der Waals surface area contributed by atoms with E-state index < -0.39 is 0 Å². The van der Waals surface area contributed by atoms with Crippen molar-refractivity contribution in [2.45, 2.75) is 20.4 Å². The highest BCUT2D eigenvalue weighted by atomic mass is 19.1. The van der Waals surface area contributed by atoms with Crippen LogP contribution in [-0.4, -0.2) is 19.7 Å². The molecule has 0 amide bonds. The molecule has 0 saturated heterocycles. The minimum absolute atomic E-state index is 0.225. The number of nitrogens with zero attached hydrogens (tertiary/aromatic N) is 4. The van der Waals surface area contributed by atoms with E-state index in [1.165, 1.54) is 6.07 Å². The number of aryl methyl sites for hydroxylation is 2. The molecule has 0 fully saturated rings. The van der Waals surface area contributed by atoms with Crippen LogP contribution in [0.2, 0.25) is 0 Å². The summed E-state index contributed by atoms with van der Waals surface area (Å²) in [5, 5.41) is 4.41. The highest BCUT2D eigenvalue weighted by Crippen LogP contribution is 2.15. The maximum Gasteiger partial charge on any atom is 0.180 e. The van der Waals surface area contributed by atoms with Gasteiger partial charge in [-0.05, 0) is 31.5 Å². The van der Waals surface area contributed by atoms with E-state index in [0.29, 0.717) is 23.6 Å². The molecule has 2 heterocycles. The van der Waals surface area contributed by atoms with Crippen LogP contribution in [-0.2, 0) is 6.54 Å². The van der Waals surface area contributed by atoms with E-state index in [0.717, 1.165) is 11.3 Å². The summed E-state index contributed by atoms with van der Waals surface area (Å²) in [7, 11) is 0. The van der Waals surface area contributed by atoms with Gasteiger partial charge in [-0.2, -0.15) is 5.10 Å². The van der Waals surface area contributed by atoms with E-state index in [-0.39, 0.29) is 5.82 Å². The Bertz CT molecular complexity index is 779. The SMILES string of the molecule is Cc1cnc(-c2ccn(Cc3ccccc3F)n2)nc1C. The van der Waals surface area contributed by atoms with Crippen molar-refractivity contribution in [3.05, 3.63) is 65.4 Å². The van der Waals surface area contributed by atoms with E-state index >= 15 is 0 Å². The van der Waals surface area contributed by atoms with E-state index in [4.69, 9.17) is 0 Å². The summed E-state index contributed by atoms with van der Waals surface area (Å²) in [6.07, 6.45) is 3.59. The fourth-order valence-corrected chi connectivity index (χ4v) is 2.02. The van der Waals surface area contributed by atoms with Crippen LogP contribution in [0.4, 0.5) is 4.39 Å². The zero-order chi connectivity index (χ0) is 14.8. The molecule has 106 valence electrons. The molecule has 0 N–H and O–H groups in total. The normalized spacial score (nSPS) is 10.8. The third kappa shape index (κ3) is 2.81. The third-order valence-electron chi connectivity index (χ3n) is 3.38. The van der Waals surface area contributed by atoms with Crippen LogP contribution in [0.1, 0.15) is 16.8 Å². The average Bonchev–Trinajstić information content (AvgIpc) is 2.93. The van der Waals surface area contributed by atoms with E-state index in [1.807, 2.05) is 26.0 Å². The van der Waals surface area contributed by atoms with Crippen molar-refractivity contribution in [2.24, 2.45) is 0 Å². The molecule has 0 bridgehead atoms. The molecule has 0 saturated carbocycles. The summed E-state index contributed by atoms with van der Waals surface area (Å²) in [6, 6.07) is 8.53. The van der Waals surface area contributed by atoms with Crippen molar-refractivity contribution in [2.75, 3.05) is 0 Å². The van der Waals surface area contributed by atoms with Crippen LogP contribution in [0.15, 0.2) is 42.7 Å². The minimum Gasteiger partial charge on any atom is -0.267 e. The van der Waals surface area contributed by atoms with Crippen LogP contribution in [0.25, 0.3) is 11.5 Å². The summed E-state index contributed by atoms with van der Waals surface area (Å²) in [5.41, 5.74) is 3.27. The first kappa shape index (κ1) is 13.4. The highest BCUT2D eigenvalue weighted by Gasteiger charge is 2.08. The average molecular weight is 282 g/mol. The van der Waals surface area contributed by atoms with Gasteiger partial charge in [0.15, 0.2) is 5.82 Å². The van der Waals surface area contributed by atoms with Crippen LogP contribution < -0.4 is 0 Å². The number of hydrogen-bond acceptors (Lipinski definition) is 3. The number of halogens is 1. The predicted molar refractivity (Wildman–Crippen MR) is 78.2 cm³/mol. The molecule has 0 aliphatic carbocycles. The first-order chi connectivity index (χ1) is 10.1. The zero-order valence-corrected chi connectivity index (χ0v) is 11.9. The number of hydrogen-bond donors (Lipinski definition) is 0. The second-order valence-corrected chi connectivity index (χ2v) is 4.95. The molecule has 0 unspecified atom stereocenters. The van der Waals surface area contributed by atoms with Crippen molar-refractivity contribution >= 4 is 0 Å². The maximum absolute atomic E-state index is 13.6. The summed E-state index contributed by atoms with van der Waals surface area (Å²) in [6.45, 7) is 4.30. The lowest BCUT2D eigenvalue weighted by Crippen LogP contribution is -2.03. The van der Waals surface area contributed by atoms with Crippen molar-refractivity contribution in [3.8, 4) is 11.5 Å². The number of rotatable bonds is 3. The number of benzene rings is 1. The molecule has 2 aromatic heterocycles. The summed E-state index contributed by atoms with van der Waals surface area (Å²) in [4.78, 5) is 8.71. The molecule has 5 heteroatoms. The highest BCUT2D eigenvalue weighted by molar-refractivity contribution is 5.48. The third-order valence-corrected chi connectivity index (χ3v) is 3.38. The van der Waals surface area contributed by atoms with Crippen LogP contribution in [0.3, 0.4) is 0 Å². The van der Waals surface area contributed by atoms with Gasteiger partial charge in [-0.1, -0.05) is 18.2 Å². The van der Waals surface area contributed by atoms with Crippen molar-refractivity contribution in [3.63, 3.8) is 0 Å². The summed E-state index contributed by atoms with van der Waals surface area (Å²) < 4.78 is 15.3. The molecule has 4 nitrogen and oxygen atoms in total. The van der Waals surface area contributed by atoms with Gasteiger partial charge in [0.05, 0.1) is 6.54 Å². The molecule has 21 heavy (non-hydrogen) atoms. The fraction of sp³-hybridized carbons (Fsp3) is 0.188. The van der Waals surface area contributed by atoms with Crippen LogP contribution >= 0.6 is 0 Å². The molecule has 0 radical (unpaired) electrons. The fourth-order valence-electron chi connectivity index (χ4n) is 2.02. The van der Waals surface area contributed by atoms with Crippen molar-refractivity contribution in [1.29, 1.82) is 0 Å². The van der Waals surface area contributed by atoms with Gasteiger partial charge >= 0.3 is 0 Å². The Kier molecular flexibility index (Phi) is 3.48. The molecular weight excluding hydrogens is 267 g/mol.